The number of sulfone groups is 1. The first-order chi connectivity index (χ1) is 14.7. The minimum absolute atomic E-state index is 0.0840. The van der Waals surface area contributed by atoms with Gasteiger partial charge in [0.15, 0.2) is 0 Å². The summed E-state index contributed by atoms with van der Waals surface area (Å²) in [6, 6.07) is 14.8. The maximum Gasteiger partial charge on any atom is 0.294 e. The molecule has 2 heterocycles. The van der Waals surface area contributed by atoms with Crippen molar-refractivity contribution in [2.24, 2.45) is 0 Å². The van der Waals surface area contributed by atoms with Crippen molar-refractivity contribution in [3.8, 4) is 11.4 Å². The quantitative estimate of drug-likeness (QED) is 0.353. The van der Waals surface area contributed by atoms with E-state index in [0.29, 0.717) is 33.5 Å². The van der Waals surface area contributed by atoms with Crippen molar-refractivity contribution in [2.75, 3.05) is 0 Å². The highest BCUT2D eigenvalue weighted by molar-refractivity contribution is 7.91. The van der Waals surface area contributed by atoms with Gasteiger partial charge in [0, 0.05) is 5.56 Å². The predicted molar refractivity (Wildman–Crippen MR) is 113 cm³/mol. The fraction of sp³-hybridized carbons (Fsp3) is 0. The van der Waals surface area contributed by atoms with Gasteiger partial charge in [-0.15, -0.1) is 0 Å². The Morgan fingerprint density at radius 3 is 2.23 bits per heavy atom. The number of hydrogen-bond donors (Lipinski definition) is 3. The third-order valence-corrected chi connectivity index (χ3v) is 7.47. The Morgan fingerprint density at radius 1 is 0.774 bits per heavy atom. The molecule has 11 heteroatoms. The zero-order valence-corrected chi connectivity index (χ0v) is 17.3. The molecule has 0 radical (unpaired) electrons. The van der Waals surface area contributed by atoms with Crippen LogP contribution in [-0.4, -0.2) is 41.3 Å². The average Bonchev–Trinajstić information content (AvgIpc) is 3.38. The Labute approximate surface area is 176 Å². The smallest absolute Gasteiger partial charge is 0.294 e. The summed E-state index contributed by atoms with van der Waals surface area (Å²) >= 11 is 0. The van der Waals surface area contributed by atoms with Gasteiger partial charge >= 0.3 is 0 Å². The van der Waals surface area contributed by atoms with Gasteiger partial charge in [-0.1, -0.05) is 12.1 Å². The van der Waals surface area contributed by atoms with Gasteiger partial charge in [-0.2, -0.15) is 8.42 Å². The molecule has 0 unspecified atom stereocenters. The van der Waals surface area contributed by atoms with E-state index in [0.717, 1.165) is 0 Å². The van der Waals surface area contributed by atoms with Crippen molar-refractivity contribution < 1.29 is 21.4 Å². The molecule has 5 aromatic rings. The topological polar surface area (TPSA) is 146 Å². The first kappa shape index (κ1) is 19.4. The highest BCUT2D eigenvalue weighted by Gasteiger charge is 2.20. The van der Waals surface area contributed by atoms with E-state index in [1.807, 2.05) is 0 Å². The average molecular weight is 454 g/mol. The van der Waals surface area contributed by atoms with Crippen LogP contribution in [-0.2, 0) is 20.0 Å². The van der Waals surface area contributed by atoms with Crippen molar-refractivity contribution in [2.45, 2.75) is 14.7 Å². The van der Waals surface area contributed by atoms with Gasteiger partial charge in [-0.3, -0.25) is 4.55 Å². The third kappa shape index (κ3) is 3.38. The molecule has 9 nitrogen and oxygen atoms in total. The molecule has 0 fully saturated rings. The molecule has 0 saturated heterocycles. The van der Waals surface area contributed by atoms with Gasteiger partial charge in [0.1, 0.15) is 5.82 Å². The molecular weight excluding hydrogens is 440 g/mol. The summed E-state index contributed by atoms with van der Waals surface area (Å²) in [6.45, 7) is 0. The van der Waals surface area contributed by atoms with Crippen LogP contribution >= 0.6 is 0 Å². The molecule has 3 N–H and O–H groups in total. The molecule has 0 bridgehead atoms. The molecule has 0 saturated carbocycles. The van der Waals surface area contributed by atoms with Gasteiger partial charge in [0.05, 0.1) is 43.1 Å². The minimum Gasteiger partial charge on any atom is -0.345 e. The SMILES string of the molecule is O=S(=O)(O)c1cccc(-c2nc3ccc(S(=O)(=O)c4ccc5nc[nH]c5c4)cc3[nH]2)c1. The number of aromatic nitrogens is 4. The Hall–Kier alpha value is -3.54. The Bertz CT molecular complexity index is 1690. The number of hydrogen-bond acceptors (Lipinski definition) is 6. The minimum atomic E-state index is -4.36. The van der Waals surface area contributed by atoms with E-state index >= 15 is 0 Å². The molecule has 0 atom stereocenters. The van der Waals surface area contributed by atoms with Crippen molar-refractivity contribution in [3.05, 3.63) is 67.0 Å². The lowest BCUT2D eigenvalue weighted by molar-refractivity contribution is 0.483. The largest absolute Gasteiger partial charge is 0.345 e. The summed E-state index contributed by atoms with van der Waals surface area (Å²) in [6.07, 6.45) is 1.50. The van der Waals surface area contributed by atoms with E-state index in [4.69, 9.17) is 0 Å². The number of aromatic amines is 2. The number of nitrogens with one attached hydrogen (secondary N) is 2. The van der Waals surface area contributed by atoms with E-state index in [2.05, 4.69) is 19.9 Å². The Balaban J connectivity index is 1.58. The number of nitrogens with zero attached hydrogens (tertiary/aromatic N) is 2. The van der Waals surface area contributed by atoms with Crippen LogP contribution in [0.2, 0.25) is 0 Å². The predicted octanol–water partition coefficient (Wildman–Crippen LogP) is 3.19. The molecular formula is C20H14N4O5S2. The highest BCUT2D eigenvalue weighted by atomic mass is 32.2. The van der Waals surface area contributed by atoms with Crippen molar-refractivity contribution in [1.29, 1.82) is 0 Å². The fourth-order valence-electron chi connectivity index (χ4n) is 3.31. The molecule has 0 aliphatic carbocycles. The summed E-state index contributed by atoms with van der Waals surface area (Å²) in [5.41, 5.74) is 2.69. The summed E-state index contributed by atoms with van der Waals surface area (Å²) in [7, 11) is -8.15. The molecule has 2 aromatic heterocycles. The number of fused-ring (bicyclic) bond motifs is 2. The third-order valence-electron chi connectivity index (χ3n) is 4.87. The van der Waals surface area contributed by atoms with E-state index in [1.165, 1.54) is 48.8 Å². The summed E-state index contributed by atoms with van der Waals surface area (Å²) in [5.74, 6) is 0.342. The lowest BCUT2D eigenvalue weighted by Gasteiger charge is -2.04. The molecule has 0 aliphatic rings. The number of rotatable bonds is 4. The van der Waals surface area contributed by atoms with Gasteiger partial charge < -0.3 is 9.97 Å². The number of benzene rings is 3. The van der Waals surface area contributed by atoms with E-state index in [9.17, 15) is 21.4 Å². The lowest BCUT2D eigenvalue weighted by atomic mass is 10.2. The standard InChI is InChI=1S/C20H14N4O5S2/c25-30(26,13-4-6-16-18(9-13)22-11-21-16)14-5-7-17-19(10-14)24-20(23-17)12-2-1-3-15(8-12)31(27,28)29/h1-11H,(H,21,22)(H,23,24)(H,27,28,29). The van der Waals surface area contributed by atoms with Crippen LogP contribution < -0.4 is 0 Å². The monoisotopic (exact) mass is 454 g/mol. The number of H-pyrrole nitrogens is 2. The highest BCUT2D eigenvalue weighted by Crippen LogP contribution is 2.28. The molecule has 156 valence electrons. The molecule has 3 aromatic carbocycles. The van der Waals surface area contributed by atoms with Crippen LogP contribution in [0.25, 0.3) is 33.5 Å². The van der Waals surface area contributed by atoms with Crippen LogP contribution in [0.1, 0.15) is 0 Å². The fourth-order valence-corrected chi connectivity index (χ4v) is 5.15. The number of imidazole rings is 2. The van der Waals surface area contributed by atoms with E-state index in [1.54, 1.807) is 18.2 Å². The first-order valence-corrected chi connectivity index (χ1v) is 11.9. The normalized spacial score (nSPS) is 12.5. The van der Waals surface area contributed by atoms with Crippen LogP contribution in [0.3, 0.4) is 0 Å². The summed E-state index contributed by atoms with van der Waals surface area (Å²) < 4.78 is 58.3. The van der Waals surface area contributed by atoms with Gasteiger partial charge in [-0.05, 0) is 48.5 Å². The van der Waals surface area contributed by atoms with Crippen molar-refractivity contribution >= 4 is 42.0 Å². The molecule has 5 rings (SSSR count). The molecule has 0 amide bonds. The zero-order chi connectivity index (χ0) is 21.8. The molecule has 31 heavy (non-hydrogen) atoms. The Kier molecular flexibility index (Phi) is 4.22. The summed E-state index contributed by atoms with van der Waals surface area (Å²) in [4.78, 5) is 14.3. The lowest BCUT2D eigenvalue weighted by Crippen LogP contribution is -2.01. The second kappa shape index (κ2) is 6.74. The van der Waals surface area contributed by atoms with Crippen LogP contribution in [0, 0.1) is 0 Å². The van der Waals surface area contributed by atoms with Crippen LogP contribution in [0.5, 0.6) is 0 Å². The van der Waals surface area contributed by atoms with E-state index < -0.39 is 20.0 Å². The first-order valence-electron chi connectivity index (χ1n) is 8.98. The van der Waals surface area contributed by atoms with Crippen LogP contribution in [0.4, 0.5) is 0 Å². The summed E-state index contributed by atoms with van der Waals surface area (Å²) in [5, 5.41) is 0. The molecule has 0 aliphatic heterocycles. The second-order valence-electron chi connectivity index (χ2n) is 6.85. The van der Waals surface area contributed by atoms with Gasteiger partial charge in [0.2, 0.25) is 9.84 Å². The second-order valence-corrected chi connectivity index (χ2v) is 10.2. The maximum atomic E-state index is 13.1. The van der Waals surface area contributed by atoms with Gasteiger partial charge in [0.25, 0.3) is 10.1 Å². The maximum absolute atomic E-state index is 13.1. The Morgan fingerprint density at radius 2 is 1.48 bits per heavy atom. The zero-order valence-electron chi connectivity index (χ0n) is 15.6. The molecule has 0 spiro atoms. The van der Waals surface area contributed by atoms with Gasteiger partial charge in [-0.25, -0.2) is 18.4 Å². The van der Waals surface area contributed by atoms with E-state index in [-0.39, 0.29) is 14.7 Å². The van der Waals surface area contributed by atoms with Crippen LogP contribution in [0.15, 0.2) is 81.7 Å². The van der Waals surface area contributed by atoms with Crippen molar-refractivity contribution in [1.82, 2.24) is 19.9 Å². The van der Waals surface area contributed by atoms with Crippen molar-refractivity contribution in [3.63, 3.8) is 0 Å².